The maximum absolute atomic E-state index is 11.8. The molecule has 6 heteroatoms. The fourth-order valence-corrected chi connectivity index (χ4v) is 2.75. The molecule has 0 aromatic heterocycles. The number of benzene rings is 1. The molecule has 0 heterocycles. The van der Waals surface area contributed by atoms with Gasteiger partial charge in [0.15, 0.2) is 0 Å². The van der Waals surface area contributed by atoms with Crippen LogP contribution in [0.4, 0.5) is 0 Å². The van der Waals surface area contributed by atoms with Gasteiger partial charge in [-0.05, 0) is 25.0 Å². The maximum atomic E-state index is 11.8. The molecule has 2 atom stereocenters. The van der Waals surface area contributed by atoms with Crippen LogP contribution in [0.15, 0.2) is 18.2 Å². The minimum atomic E-state index is -0.439. The van der Waals surface area contributed by atoms with Gasteiger partial charge in [0.2, 0.25) is 5.91 Å². The van der Waals surface area contributed by atoms with Crippen molar-refractivity contribution in [3.8, 4) is 5.75 Å². The van der Waals surface area contributed by atoms with Crippen molar-refractivity contribution in [2.24, 2.45) is 0 Å². The molecular formula is C15H19Cl2NO3. The summed E-state index contributed by atoms with van der Waals surface area (Å²) in [5.74, 6) is 0.341. The molecule has 2 unspecified atom stereocenters. The normalized spacial score (nSPS) is 21.9. The molecule has 1 fully saturated rings. The van der Waals surface area contributed by atoms with E-state index in [9.17, 15) is 9.90 Å². The van der Waals surface area contributed by atoms with E-state index < -0.39 is 6.10 Å². The van der Waals surface area contributed by atoms with Gasteiger partial charge in [-0.15, -0.1) is 0 Å². The van der Waals surface area contributed by atoms with Gasteiger partial charge in [-0.3, -0.25) is 4.79 Å². The van der Waals surface area contributed by atoms with Crippen molar-refractivity contribution in [3.63, 3.8) is 0 Å². The maximum Gasteiger partial charge on any atom is 0.223 e. The van der Waals surface area contributed by atoms with E-state index in [0.717, 1.165) is 25.7 Å². The lowest BCUT2D eigenvalue weighted by Gasteiger charge is -2.28. The Morgan fingerprint density at radius 1 is 1.33 bits per heavy atom. The quantitative estimate of drug-likeness (QED) is 0.871. The molecule has 1 aliphatic rings. The van der Waals surface area contributed by atoms with Crippen molar-refractivity contribution in [2.75, 3.05) is 6.61 Å². The standard InChI is InChI=1S/C15H19Cl2NO3/c16-10-4-3-7-13(15(10)17)21-9-8-14(20)18-11-5-1-2-6-12(11)19/h3-4,7,11-12,19H,1-2,5-6,8-9H2,(H,18,20). The molecule has 4 nitrogen and oxygen atoms in total. The highest BCUT2D eigenvalue weighted by Crippen LogP contribution is 2.31. The molecule has 0 radical (unpaired) electrons. The van der Waals surface area contributed by atoms with Crippen molar-refractivity contribution >= 4 is 29.1 Å². The second-order valence-electron chi connectivity index (χ2n) is 5.18. The first-order chi connectivity index (χ1) is 10.1. The van der Waals surface area contributed by atoms with Crippen LogP contribution >= 0.6 is 23.2 Å². The topological polar surface area (TPSA) is 58.6 Å². The number of carbonyl (C=O) groups excluding carboxylic acids is 1. The predicted molar refractivity (Wildman–Crippen MR) is 83.0 cm³/mol. The van der Waals surface area contributed by atoms with E-state index in [-0.39, 0.29) is 25.0 Å². The van der Waals surface area contributed by atoms with Crippen LogP contribution < -0.4 is 10.1 Å². The highest BCUT2D eigenvalue weighted by Gasteiger charge is 2.24. The van der Waals surface area contributed by atoms with Crippen molar-refractivity contribution in [2.45, 2.75) is 44.2 Å². The van der Waals surface area contributed by atoms with Crippen molar-refractivity contribution in [1.82, 2.24) is 5.32 Å². The Labute approximate surface area is 134 Å². The lowest BCUT2D eigenvalue weighted by atomic mass is 9.92. The fraction of sp³-hybridized carbons (Fsp3) is 0.533. The Morgan fingerprint density at radius 3 is 2.86 bits per heavy atom. The minimum absolute atomic E-state index is 0.126. The summed E-state index contributed by atoms with van der Waals surface area (Å²) in [6, 6.07) is 4.98. The number of amides is 1. The van der Waals surface area contributed by atoms with Gasteiger partial charge in [0.1, 0.15) is 10.8 Å². The Kier molecular flexibility index (Phi) is 6.15. The largest absolute Gasteiger partial charge is 0.491 e. The van der Waals surface area contributed by atoms with E-state index in [1.807, 2.05) is 0 Å². The molecule has 116 valence electrons. The molecule has 1 aromatic carbocycles. The monoisotopic (exact) mass is 331 g/mol. The van der Waals surface area contributed by atoms with Crippen LogP contribution in [0.3, 0.4) is 0 Å². The lowest BCUT2D eigenvalue weighted by Crippen LogP contribution is -2.45. The Balaban J connectivity index is 1.75. The van der Waals surface area contributed by atoms with E-state index in [0.29, 0.717) is 15.8 Å². The third kappa shape index (κ3) is 4.77. The Bertz CT molecular complexity index is 496. The van der Waals surface area contributed by atoms with Gasteiger partial charge < -0.3 is 15.2 Å². The number of rotatable bonds is 5. The van der Waals surface area contributed by atoms with E-state index in [4.69, 9.17) is 27.9 Å². The van der Waals surface area contributed by atoms with E-state index in [2.05, 4.69) is 5.32 Å². The number of ether oxygens (including phenoxy) is 1. The Hall–Kier alpha value is -0.970. The van der Waals surface area contributed by atoms with E-state index >= 15 is 0 Å². The number of carbonyl (C=O) groups is 1. The van der Waals surface area contributed by atoms with Crippen LogP contribution in [0.25, 0.3) is 0 Å². The summed E-state index contributed by atoms with van der Waals surface area (Å²) in [4.78, 5) is 11.8. The molecule has 2 N–H and O–H groups in total. The predicted octanol–water partition coefficient (Wildman–Crippen LogP) is 3.18. The second kappa shape index (κ2) is 7.87. The number of nitrogens with one attached hydrogen (secondary N) is 1. The van der Waals surface area contributed by atoms with Crippen LogP contribution in [0.5, 0.6) is 5.75 Å². The third-order valence-corrected chi connectivity index (χ3v) is 4.38. The zero-order valence-corrected chi connectivity index (χ0v) is 13.2. The van der Waals surface area contributed by atoms with Crippen molar-refractivity contribution in [1.29, 1.82) is 0 Å². The average molecular weight is 332 g/mol. The van der Waals surface area contributed by atoms with Crippen LogP contribution in [0.2, 0.25) is 10.0 Å². The highest BCUT2D eigenvalue weighted by atomic mass is 35.5. The number of hydrogen-bond acceptors (Lipinski definition) is 3. The molecule has 0 bridgehead atoms. The van der Waals surface area contributed by atoms with Crippen molar-refractivity contribution in [3.05, 3.63) is 28.2 Å². The first-order valence-electron chi connectivity index (χ1n) is 7.12. The summed E-state index contributed by atoms with van der Waals surface area (Å²) in [7, 11) is 0. The number of aliphatic hydroxyl groups is 1. The van der Waals surface area contributed by atoms with Gasteiger partial charge in [-0.2, -0.15) is 0 Å². The summed E-state index contributed by atoms with van der Waals surface area (Å²) in [6.45, 7) is 0.217. The summed E-state index contributed by atoms with van der Waals surface area (Å²) >= 11 is 11.9. The van der Waals surface area contributed by atoms with Crippen LogP contribution in [-0.2, 0) is 4.79 Å². The van der Waals surface area contributed by atoms with Gasteiger partial charge in [-0.25, -0.2) is 0 Å². The lowest BCUT2D eigenvalue weighted by molar-refractivity contribution is -0.123. The fourth-order valence-electron chi connectivity index (χ4n) is 2.41. The molecule has 2 rings (SSSR count). The van der Waals surface area contributed by atoms with E-state index in [1.54, 1.807) is 18.2 Å². The van der Waals surface area contributed by atoms with Crippen LogP contribution in [0, 0.1) is 0 Å². The van der Waals surface area contributed by atoms with Gasteiger partial charge in [0, 0.05) is 0 Å². The summed E-state index contributed by atoms with van der Waals surface area (Å²) < 4.78 is 5.46. The minimum Gasteiger partial charge on any atom is -0.491 e. The number of halogens is 2. The van der Waals surface area contributed by atoms with Crippen LogP contribution in [0.1, 0.15) is 32.1 Å². The molecule has 0 spiro atoms. The second-order valence-corrected chi connectivity index (χ2v) is 5.96. The summed E-state index contributed by atoms with van der Waals surface area (Å²) in [5, 5.41) is 13.4. The first-order valence-corrected chi connectivity index (χ1v) is 7.88. The molecular weight excluding hydrogens is 313 g/mol. The van der Waals surface area contributed by atoms with Crippen molar-refractivity contribution < 1.29 is 14.6 Å². The average Bonchev–Trinajstić information content (AvgIpc) is 2.46. The zero-order valence-electron chi connectivity index (χ0n) is 11.6. The molecule has 21 heavy (non-hydrogen) atoms. The van der Waals surface area contributed by atoms with Gasteiger partial charge in [-0.1, -0.05) is 42.1 Å². The summed E-state index contributed by atoms with van der Waals surface area (Å²) in [6.07, 6.45) is 3.41. The summed E-state index contributed by atoms with van der Waals surface area (Å²) in [5.41, 5.74) is 0. The molecule has 1 amide bonds. The zero-order chi connectivity index (χ0) is 15.2. The molecule has 1 saturated carbocycles. The highest BCUT2D eigenvalue weighted by molar-refractivity contribution is 6.42. The molecule has 0 aliphatic heterocycles. The van der Waals surface area contributed by atoms with Gasteiger partial charge >= 0.3 is 0 Å². The number of aliphatic hydroxyl groups excluding tert-OH is 1. The Morgan fingerprint density at radius 2 is 2.10 bits per heavy atom. The third-order valence-electron chi connectivity index (χ3n) is 3.58. The van der Waals surface area contributed by atoms with Gasteiger partial charge in [0.05, 0.1) is 30.2 Å². The first kappa shape index (κ1) is 16.4. The molecule has 1 aromatic rings. The number of hydrogen-bond donors (Lipinski definition) is 2. The van der Waals surface area contributed by atoms with E-state index in [1.165, 1.54) is 0 Å². The van der Waals surface area contributed by atoms with Crippen LogP contribution in [-0.4, -0.2) is 29.8 Å². The SMILES string of the molecule is O=C(CCOc1cccc(Cl)c1Cl)NC1CCCCC1O. The smallest absolute Gasteiger partial charge is 0.223 e. The molecule has 1 aliphatic carbocycles. The van der Waals surface area contributed by atoms with Gasteiger partial charge in [0.25, 0.3) is 0 Å². The molecule has 0 saturated heterocycles.